The lowest BCUT2D eigenvalue weighted by molar-refractivity contribution is 0.0462. The first-order valence-corrected chi connectivity index (χ1v) is 8.36. The molecule has 1 aliphatic rings. The molecular weight excluding hydrogens is 260 g/mol. The van der Waals surface area contributed by atoms with Crippen LogP contribution in [0.4, 0.5) is 0 Å². The van der Waals surface area contributed by atoms with Crippen molar-refractivity contribution < 1.29 is 0 Å². The van der Waals surface area contributed by atoms with E-state index in [-0.39, 0.29) is 5.54 Å². The summed E-state index contributed by atoms with van der Waals surface area (Å²) in [6, 6.07) is 3.24. The first-order valence-electron chi connectivity index (χ1n) is 8.36. The Balaban J connectivity index is 2.06. The summed E-state index contributed by atoms with van der Waals surface area (Å²) in [7, 11) is 0. The highest BCUT2D eigenvalue weighted by Crippen LogP contribution is 2.23. The van der Waals surface area contributed by atoms with Crippen LogP contribution in [0.2, 0.25) is 0 Å². The Bertz CT molecular complexity index is 449. The van der Waals surface area contributed by atoms with E-state index in [4.69, 9.17) is 5.10 Å². The molecule has 0 saturated carbocycles. The fourth-order valence-electron chi connectivity index (χ4n) is 2.86. The summed E-state index contributed by atoms with van der Waals surface area (Å²) in [4.78, 5) is 2.58. The molecule has 0 bridgehead atoms. The zero-order chi connectivity index (χ0) is 15.6. The molecule has 0 aliphatic carbocycles. The van der Waals surface area contributed by atoms with Gasteiger partial charge in [-0.05, 0) is 39.2 Å². The highest BCUT2D eigenvalue weighted by Gasteiger charge is 2.35. The summed E-state index contributed by atoms with van der Waals surface area (Å²) in [5.74, 6) is 0.668. The highest BCUT2D eigenvalue weighted by atomic mass is 15.3. The Labute approximate surface area is 129 Å². The van der Waals surface area contributed by atoms with Crippen LogP contribution in [-0.4, -0.2) is 39.4 Å². The Morgan fingerprint density at radius 2 is 2.10 bits per heavy atom. The Kier molecular flexibility index (Phi) is 5.10. The molecule has 1 aromatic rings. The molecule has 1 N–H and O–H groups in total. The molecule has 4 heteroatoms. The van der Waals surface area contributed by atoms with E-state index in [2.05, 4.69) is 68.7 Å². The van der Waals surface area contributed by atoms with E-state index >= 15 is 0 Å². The van der Waals surface area contributed by atoms with Crippen molar-refractivity contribution in [3.05, 3.63) is 18.0 Å². The minimum atomic E-state index is 0.186. The number of hydrogen-bond acceptors (Lipinski definition) is 3. The SMILES string of the molecule is CCC(C)n1ccc(CN2CC(C(C)C)NCC2(C)C)n1. The zero-order valence-electron chi connectivity index (χ0n) is 14.6. The van der Waals surface area contributed by atoms with Gasteiger partial charge in [0.15, 0.2) is 0 Å². The molecular formula is C17H32N4. The van der Waals surface area contributed by atoms with Crippen molar-refractivity contribution in [2.24, 2.45) is 5.92 Å². The minimum Gasteiger partial charge on any atom is -0.311 e. The lowest BCUT2D eigenvalue weighted by Gasteiger charge is -2.47. The van der Waals surface area contributed by atoms with Gasteiger partial charge in [0, 0.05) is 43.5 Å². The van der Waals surface area contributed by atoms with Crippen LogP contribution in [0.15, 0.2) is 12.3 Å². The van der Waals surface area contributed by atoms with E-state index in [0.717, 1.165) is 26.1 Å². The molecule has 21 heavy (non-hydrogen) atoms. The average Bonchev–Trinajstić information content (AvgIpc) is 2.88. The van der Waals surface area contributed by atoms with E-state index in [1.165, 1.54) is 5.69 Å². The molecule has 1 saturated heterocycles. The fourth-order valence-corrected chi connectivity index (χ4v) is 2.86. The molecule has 1 aliphatic heterocycles. The molecule has 0 aromatic carbocycles. The monoisotopic (exact) mass is 292 g/mol. The van der Waals surface area contributed by atoms with E-state index in [0.29, 0.717) is 18.0 Å². The minimum absolute atomic E-state index is 0.186. The van der Waals surface area contributed by atoms with Crippen molar-refractivity contribution in [2.75, 3.05) is 13.1 Å². The van der Waals surface area contributed by atoms with Crippen molar-refractivity contribution in [3.63, 3.8) is 0 Å². The normalized spacial score (nSPS) is 24.4. The molecule has 120 valence electrons. The third kappa shape index (κ3) is 3.86. The van der Waals surface area contributed by atoms with E-state index < -0.39 is 0 Å². The van der Waals surface area contributed by atoms with E-state index in [1.807, 2.05) is 0 Å². The lowest BCUT2D eigenvalue weighted by atomic mass is 9.93. The van der Waals surface area contributed by atoms with Crippen LogP contribution in [-0.2, 0) is 6.54 Å². The molecule has 4 nitrogen and oxygen atoms in total. The predicted octanol–water partition coefficient (Wildman–Crippen LogP) is 3.06. The maximum absolute atomic E-state index is 4.77. The molecule has 0 spiro atoms. The van der Waals surface area contributed by atoms with Gasteiger partial charge in [0.1, 0.15) is 0 Å². The zero-order valence-corrected chi connectivity index (χ0v) is 14.6. The second-order valence-corrected chi connectivity index (χ2v) is 7.47. The predicted molar refractivity (Wildman–Crippen MR) is 88.3 cm³/mol. The third-order valence-electron chi connectivity index (χ3n) is 4.93. The molecule has 2 unspecified atom stereocenters. The van der Waals surface area contributed by atoms with Gasteiger partial charge in [0.2, 0.25) is 0 Å². The van der Waals surface area contributed by atoms with Gasteiger partial charge in [-0.25, -0.2) is 0 Å². The Hall–Kier alpha value is -0.870. The topological polar surface area (TPSA) is 33.1 Å². The van der Waals surface area contributed by atoms with Crippen LogP contribution in [0.1, 0.15) is 59.7 Å². The van der Waals surface area contributed by atoms with Crippen LogP contribution < -0.4 is 5.32 Å². The number of piperazine rings is 1. The highest BCUT2D eigenvalue weighted by molar-refractivity contribution is 5.03. The van der Waals surface area contributed by atoms with Crippen LogP contribution in [0.3, 0.4) is 0 Å². The van der Waals surface area contributed by atoms with Gasteiger partial charge in [-0.3, -0.25) is 9.58 Å². The van der Waals surface area contributed by atoms with E-state index in [9.17, 15) is 0 Å². The van der Waals surface area contributed by atoms with Crippen LogP contribution >= 0.6 is 0 Å². The molecule has 0 amide bonds. The number of hydrogen-bond donors (Lipinski definition) is 1. The summed E-state index contributed by atoms with van der Waals surface area (Å²) in [6.07, 6.45) is 3.24. The van der Waals surface area contributed by atoms with Gasteiger partial charge in [0.05, 0.1) is 5.69 Å². The second kappa shape index (κ2) is 6.49. The van der Waals surface area contributed by atoms with Crippen molar-refractivity contribution in [3.8, 4) is 0 Å². The van der Waals surface area contributed by atoms with Crippen LogP contribution in [0.5, 0.6) is 0 Å². The smallest absolute Gasteiger partial charge is 0.0765 e. The number of aromatic nitrogens is 2. The van der Waals surface area contributed by atoms with Crippen molar-refractivity contribution in [1.82, 2.24) is 20.0 Å². The molecule has 2 rings (SSSR count). The standard InChI is InChI=1S/C17H32N4/c1-7-14(4)21-9-8-15(19-21)10-20-11-16(13(2)3)18-12-17(20,5)6/h8-9,13-14,16,18H,7,10-12H2,1-6H3. The quantitative estimate of drug-likeness (QED) is 0.905. The molecule has 2 heterocycles. The summed E-state index contributed by atoms with van der Waals surface area (Å²) in [5, 5.41) is 8.45. The summed E-state index contributed by atoms with van der Waals surface area (Å²) < 4.78 is 2.10. The van der Waals surface area contributed by atoms with Gasteiger partial charge >= 0.3 is 0 Å². The molecule has 1 aromatic heterocycles. The van der Waals surface area contributed by atoms with Crippen molar-refractivity contribution in [2.45, 2.75) is 72.1 Å². The van der Waals surface area contributed by atoms with Gasteiger partial charge in [-0.1, -0.05) is 20.8 Å². The third-order valence-corrected chi connectivity index (χ3v) is 4.93. The van der Waals surface area contributed by atoms with Gasteiger partial charge < -0.3 is 5.32 Å². The van der Waals surface area contributed by atoms with E-state index in [1.54, 1.807) is 0 Å². The molecule has 2 atom stereocenters. The first-order chi connectivity index (χ1) is 9.83. The maximum atomic E-state index is 4.77. The van der Waals surface area contributed by atoms with Gasteiger partial charge in [-0.15, -0.1) is 0 Å². The second-order valence-electron chi connectivity index (χ2n) is 7.47. The Morgan fingerprint density at radius 3 is 2.71 bits per heavy atom. The molecule has 1 fully saturated rings. The number of nitrogens with one attached hydrogen (secondary N) is 1. The largest absolute Gasteiger partial charge is 0.311 e. The molecule has 0 radical (unpaired) electrons. The number of rotatable bonds is 5. The fraction of sp³-hybridized carbons (Fsp3) is 0.824. The first kappa shape index (κ1) is 16.5. The van der Waals surface area contributed by atoms with Gasteiger partial charge in [0.25, 0.3) is 0 Å². The lowest BCUT2D eigenvalue weighted by Crippen LogP contribution is -2.62. The summed E-state index contributed by atoms with van der Waals surface area (Å²) in [5.41, 5.74) is 1.37. The average molecular weight is 292 g/mol. The Morgan fingerprint density at radius 1 is 1.38 bits per heavy atom. The van der Waals surface area contributed by atoms with Crippen LogP contribution in [0, 0.1) is 5.92 Å². The van der Waals surface area contributed by atoms with Crippen molar-refractivity contribution in [1.29, 1.82) is 0 Å². The maximum Gasteiger partial charge on any atom is 0.0765 e. The number of nitrogens with zero attached hydrogens (tertiary/aromatic N) is 3. The summed E-state index contributed by atoms with van der Waals surface area (Å²) >= 11 is 0. The van der Waals surface area contributed by atoms with Crippen molar-refractivity contribution >= 4 is 0 Å². The van der Waals surface area contributed by atoms with Gasteiger partial charge in [-0.2, -0.15) is 5.10 Å². The summed E-state index contributed by atoms with van der Waals surface area (Å²) in [6.45, 7) is 16.8. The van der Waals surface area contributed by atoms with Crippen LogP contribution in [0.25, 0.3) is 0 Å².